The van der Waals surface area contributed by atoms with Gasteiger partial charge in [0.1, 0.15) is 0 Å². The second-order valence-electron chi connectivity index (χ2n) is 4.92. The third-order valence-electron chi connectivity index (χ3n) is 2.80. The molecule has 0 aromatic carbocycles. The van der Waals surface area contributed by atoms with Crippen LogP contribution in [0.5, 0.6) is 0 Å². The lowest BCUT2D eigenvalue weighted by Gasteiger charge is -2.37. The van der Waals surface area contributed by atoms with Crippen LogP contribution in [0, 0.1) is 0 Å². The Labute approximate surface area is 101 Å². The molecule has 2 N–H and O–H groups in total. The number of hydrogen-bond donors (Lipinski definition) is 1. The van der Waals surface area contributed by atoms with Crippen LogP contribution >= 0.6 is 11.8 Å². The van der Waals surface area contributed by atoms with Gasteiger partial charge in [0.05, 0.1) is 18.4 Å². The molecule has 1 aliphatic rings. The molecule has 0 spiro atoms. The molecular weight excluding hydrogens is 220 g/mol. The van der Waals surface area contributed by atoms with Gasteiger partial charge in [0.25, 0.3) is 0 Å². The third-order valence-corrected chi connectivity index (χ3v) is 4.10. The number of hydrogen-bond acceptors (Lipinski definition) is 4. The fourth-order valence-electron chi connectivity index (χ4n) is 2.05. The molecule has 1 fully saturated rings. The van der Waals surface area contributed by atoms with E-state index in [1.54, 1.807) is 6.20 Å². The van der Waals surface area contributed by atoms with Crippen molar-refractivity contribution in [2.24, 2.45) is 0 Å². The topological polar surface area (TPSA) is 47.1 Å². The first kappa shape index (κ1) is 11.8. The van der Waals surface area contributed by atoms with Crippen molar-refractivity contribution in [1.82, 2.24) is 14.7 Å². The second kappa shape index (κ2) is 4.67. The molecule has 0 radical (unpaired) electrons. The van der Waals surface area contributed by atoms with Crippen LogP contribution in [0.15, 0.2) is 12.4 Å². The van der Waals surface area contributed by atoms with Crippen molar-refractivity contribution in [3.8, 4) is 0 Å². The van der Waals surface area contributed by atoms with Crippen molar-refractivity contribution in [2.75, 3.05) is 31.1 Å². The third kappa shape index (κ3) is 3.15. The molecule has 1 aromatic heterocycles. The van der Waals surface area contributed by atoms with E-state index in [9.17, 15) is 0 Å². The highest BCUT2D eigenvalue weighted by Gasteiger charge is 2.26. The highest BCUT2D eigenvalue weighted by molar-refractivity contribution is 8.00. The first-order valence-electron chi connectivity index (χ1n) is 5.69. The number of nitrogens with zero attached hydrogens (tertiary/aromatic N) is 3. The van der Waals surface area contributed by atoms with Crippen molar-refractivity contribution in [2.45, 2.75) is 25.1 Å². The zero-order valence-corrected chi connectivity index (χ0v) is 10.8. The quantitative estimate of drug-likeness (QED) is 0.865. The van der Waals surface area contributed by atoms with Gasteiger partial charge in [-0.1, -0.05) is 0 Å². The zero-order chi connectivity index (χ0) is 11.6. The maximum Gasteiger partial charge on any atom is 0.0719 e. The van der Waals surface area contributed by atoms with Crippen LogP contribution in [0.4, 0.5) is 5.69 Å². The molecule has 2 heterocycles. The summed E-state index contributed by atoms with van der Waals surface area (Å²) in [5.41, 5.74) is 6.38. The predicted molar refractivity (Wildman–Crippen MR) is 69.6 cm³/mol. The molecule has 5 heteroatoms. The molecule has 1 aliphatic heterocycles. The average molecular weight is 240 g/mol. The average Bonchev–Trinajstić information content (AvgIpc) is 2.60. The molecule has 0 unspecified atom stereocenters. The van der Waals surface area contributed by atoms with Crippen molar-refractivity contribution in [1.29, 1.82) is 0 Å². The molecule has 4 nitrogen and oxygen atoms in total. The summed E-state index contributed by atoms with van der Waals surface area (Å²) in [5, 5.41) is 4.20. The van der Waals surface area contributed by atoms with Gasteiger partial charge in [-0.25, -0.2) is 0 Å². The molecule has 1 aromatic rings. The summed E-state index contributed by atoms with van der Waals surface area (Å²) in [5.74, 6) is 1.23. The molecule has 16 heavy (non-hydrogen) atoms. The number of thioether (sulfide) groups is 1. The van der Waals surface area contributed by atoms with Crippen molar-refractivity contribution in [3.05, 3.63) is 12.4 Å². The molecular formula is C11H20N4S. The molecule has 0 aliphatic carbocycles. The van der Waals surface area contributed by atoms with Crippen LogP contribution in [0.1, 0.15) is 13.8 Å². The van der Waals surface area contributed by atoms with E-state index < -0.39 is 0 Å². The van der Waals surface area contributed by atoms with E-state index in [-0.39, 0.29) is 0 Å². The van der Waals surface area contributed by atoms with Gasteiger partial charge in [-0.2, -0.15) is 16.9 Å². The van der Waals surface area contributed by atoms with Gasteiger partial charge < -0.3 is 5.73 Å². The Bertz CT molecular complexity index is 348. The first-order chi connectivity index (χ1) is 7.55. The van der Waals surface area contributed by atoms with Gasteiger partial charge >= 0.3 is 0 Å². The van der Waals surface area contributed by atoms with Crippen LogP contribution in [-0.2, 0) is 6.54 Å². The summed E-state index contributed by atoms with van der Waals surface area (Å²) in [4.78, 5) is 2.51. The minimum absolute atomic E-state index is 0.390. The summed E-state index contributed by atoms with van der Waals surface area (Å²) in [6.45, 7) is 8.97. The molecule has 0 amide bonds. The van der Waals surface area contributed by atoms with Crippen LogP contribution in [-0.4, -0.2) is 44.8 Å². The lowest BCUT2D eigenvalue weighted by molar-refractivity contribution is 0.247. The van der Waals surface area contributed by atoms with Crippen LogP contribution < -0.4 is 5.73 Å². The van der Waals surface area contributed by atoms with Gasteiger partial charge in [0, 0.05) is 36.3 Å². The van der Waals surface area contributed by atoms with E-state index in [4.69, 9.17) is 5.73 Å². The van der Waals surface area contributed by atoms with Gasteiger partial charge in [-0.15, -0.1) is 0 Å². The monoisotopic (exact) mass is 240 g/mol. The fraction of sp³-hybridized carbons (Fsp3) is 0.727. The highest BCUT2D eigenvalue weighted by atomic mass is 32.2. The van der Waals surface area contributed by atoms with E-state index in [1.165, 1.54) is 12.3 Å². The smallest absolute Gasteiger partial charge is 0.0719 e. The Hall–Kier alpha value is -0.680. The number of nitrogen functional groups attached to an aromatic ring is 1. The van der Waals surface area contributed by atoms with E-state index in [2.05, 4.69) is 35.6 Å². The summed E-state index contributed by atoms with van der Waals surface area (Å²) in [7, 11) is 0. The van der Waals surface area contributed by atoms with Gasteiger partial charge in [-0.05, 0) is 13.8 Å². The van der Waals surface area contributed by atoms with Crippen molar-refractivity contribution >= 4 is 17.4 Å². The summed E-state index contributed by atoms with van der Waals surface area (Å²) >= 11 is 2.07. The zero-order valence-electron chi connectivity index (χ0n) is 10.0. The number of nitrogens with two attached hydrogens (primary N) is 1. The van der Waals surface area contributed by atoms with Crippen LogP contribution in [0.3, 0.4) is 0 Å². The minimum atomic E-state index is 0.390. The first-order valence-corrected chi connectivity index (χ1v) is 6.68. The maximum atomic E-state index is 5.63. The van der Waals surface area contributed by atoms with E-state index >= 15 is 0 Å². The Morgan fingerprint density at radius 1 is 1.50 bits per heavy atom. The normalized spacial score (nSPS) is 21.1. The Kier molecular flexibility index (Phi) is 3.44. The molecule has 1 saturated heterocycles. The lowest BCUT2D eigenvalue weighted by atomic mass is 10.2. The number of aromatic nitrogens is 2. The number of anilines is 1. The van der Waals surface area contributed by atoms with Gasteiger partial charge in [0.2, 0.25) is 0 Å². The minimum Gasteiger partial charge on any atom is -0.396 e. The van der Waals surface area contributed by atoms with Crippen LogP contribution in [0.2, 0.25) is 0 Å². The second-order valence-corrected chi connectivity index (χ2v) is 6.72. The molecule has 0 bridgehead atoms. The van der Waals surface area contributed by atoms with Gasteiger partial charge in [-0.3, -0.25) is 9.58 Å². The molecule has 90 valence electrons. The SMILES string of the molecule is CC1(C)CN(CCn2cc(N)cn2)CCS1. The largest absolute Gasteiger partial charge is 0.396 e. The molecule has 0 atom stereocenters. The van der Waals surface area contributed by atoms with E-state index in [0.717, 1.165) is 25.3 Å². The van der Waals surface area contributed by atoms with E-state index in [1.807, 2.05) is 10.9 Å². The predicted octanol–water partition coefficient (Wildman–Crippen LogP) is 1.29. The van der Waals surface area contributed by atoms with Gasteiger partial charge in [0.15, 0.2) is 0 Å². The highest BCUT2D eigenvalue weighted by Crippen LogP contribution is 2.29. The Morgan fingerprint density at radius 2 is 2.31 bits per heavy atom. The lowest BCUT2D eigenvalue weighted by Crippen LogP contribution is -2.44. The maximum absolute atomic E-state index is 5.63. The fourth-order valence-corrected chi connectivity index (χ4v) is 3.23. The number of rotatable bonds is 3. The Balaban J connectivity index is 1.82. The van der Waals surface area contributed by atoms with Crippen LogP contribution in [0.25, 0.3) is 0 Å². The standard InChI is InChI=1S/C11H20N4S/c1-11(2)9-14(5-6-16-11)3-4-15-8-10(12)7-13-15/h7-8H,3-6,9,12H2,1-2H3. The van der Waals surface area contributed by atoms with Crippen molar-refractivity contribution in [3.63, 3.8) is 0 Å². The molecule has 0 saturated carbocycles. The Morgan fingerprint density at radius 3 is 2.94 bits per heavy atom. The summed E-state index contributed by atoms with van der Waals surface area (Å²) in [6.07, 6.45) is 3.60. The molecule has 2 rings (SSSR count). The summed E-state index contributed by atoms with van der Waals surface area (Å²) in [6, 6.07) is 0. The van der Waals surface area contributed by atoms with E-state index in [0.29, 0.717) is 4.75 Å². The van der Waals surface area contributed by atoms with Crippen molar-refractivity contribution < 1.29 is 0 Å². The summed E-state index contributed by atoms with van der Waals surface area (Å²) < 4.78 is 2.31.